The number of nitrogens with zero attached hydrogens (tertiary/aromatic N) is 3. The lowest BCUT2D eigenvalue weighted by molar-refractivity contribution is 0.660. The maximum absolute atomic E-state index is 5.26. The molecule has 0 saturated carbocycles. The van der Waals surface area contributed by atoms with Crippen molar-refractivity contribution < 1.29 is 0 Å². The molecule has 2 aromatic heterocycles. The van der Waals surface area contributed by atoms with Gasteiger partial charge in [-0.25, -0.2) is 15.0 Å². The van der Waals surface area contributed by atoms with Crippen LogP contribution in [0.2, 0.25) is 0 Å². The number of thiophene rings is 1. The van der Waals surface area contributed by atoms with Gasteiger partial charge in [0, 0.05) is 42.3 Å². The maximum atomic E-state index is 5.26. The van der Waals surface area contributed by atoms with Gasteiger partial charge in [0.05, 0.1) is 0 Å². The van der Waals surface area contributed by atoms with Crippen LogP contribution < -0.4 is 0 Å². The normalized spacial score (nSPS) is 13.0. The summed E-state index contributed by atoms with van der Waals surface area (Å²) in [5.74, 6) is 1.97. The second-order valence-corrected chi connectivity index (χ2v) is 16.2. The van der Waals surface area contributed by atoms with Crippen molar-refractivity contribution in [2.24, 2.45) is 0 Å². The van der Waals surface area contributed by atoms with E-state index in [1.807, 2.05) is 11.3 Å². The Morgan fingerprint density at radius 1 is 0.375 bits per heavy atom. The molecule has 0 N–H and O–H groups in total. The molecule has 0 amide bonds. The minimum atomic E-state index is -0.134. The van der Waals surface area contributed by atoms with Gasteiger partial charge < -0.3 is 0 Å². The van der Waals surface area contributed by atoms with E-state index < -0.39 is 0 Å². The lowest BCUT2D eigenvalue weighted by Gasteiger charge is -2.21. The van der Waals surface area contributed by atoms with E-state index in [1.165, 1.54) is 69.9 Å². The minimum absolute atomic E-state index is 0.134. The molecule has 0 aliphatic heterocycles. The average molecular weight is 734 g/mol. The van der Waals surface area contributed by atoms with Gasteiger partial charge in [-0.2, -0.15) is 0 Å². The van der Waals surface area contributed by atoms with Crippen LogP contribution in [-0.4, -0.2) is 15.0 Å². The fourth-order valence-electron chi connectivity index (χ4n) is 8.74. The Bertz CT molecular complexity index is 3150. The van der Waals surface area contributed by atoms with Gasteiger partial charge in [-0.05, 0) is 61.3 Å². The first-order valence-electron chi connectivity index (χ1n) is 19.1. The molecular formula is C52H35N3S. The number of aromatic nitrogens is 3. The molecule has 0 fully saturated rings. The van der Waals surface area contributed by atoms with Gasteiger partial charge in [-0.3, -0.25) is 0 Å². The predicted octanol–water partition coefficient (Wildman–Crippen LogP) is 14.0. The van der Waals surface area contributed by atoms with Gasteiger partial charge in [0.25, 0.3) is 0 Å². The summed E-state index contributed by atoms with van der Waals surface area (Å²) < 4.78 is 2.61. The van der Waals surface area contributed by atoms with Gasteiger partial charge in [-0.1, -0.05) is 184 Å². The standard InChI is InChI=1S/C52H35N3S/c1-52(2)44-21-7-5-16-42(44)47-43(20-11-22-45(47)52)51-54-49(35-28-24-33(25-29-35)38-17-9-13-32-12-3-4-14-37(32)38)53-50(55-51)36-30-26-34(27-31-36)39-18-10-19-41-40-15-6-8-23-46(40)56-48(39)41/h3-31H,1-2H3. The Hall–Kier alpha value is -6.75. The third-order valence-corrected chi connectivity index (χ3v) is 12.8. The van der Waals surface area contributed by atoms with E-state index in [9.17, 15) is 0 Å². The molecule has 0 radical (unpaired) electrons. The SMILES string of the molecule is CC1(C)c2ccccc2-c2c(-c3nc(-c4ccc(-c5cccc6ccccc56)cc4)nc(-c4ccc(-c5cccc6c5sc5ccccc56)cc4)n3)cccc21. The lowest BCUT2D eigenvalue weighted by atomic mass is 9.82. The number of rotatable bonds is 5. The van der Waals surface area contributed by atoms with Crippen LogP contribution in [0.3, 0.4) is 0 Å². The van der Waals surface area contributed by atoms with Gasteiger partial charge in [0.2, 0.25) is 0 Å². The molecule has 0 atom stereocenters. The first-order valence-corrected chi connectivity index (χ1v) is 19.9. The zero-order valence-corrected chi connectivity index (χ0v) is 31.8. The lowest BCUT2D eigenvalue weighted by Crippen LogP contribution is -2.14. The van der Waals surface area contributed by atoms with Crippen LogP contribution in [0.4, 0.5) is 0 Å². The molecule has 2 heterocycles. The van der Waals surface area contributed by atoms with E-state index in [1.54, 1.807) is 0 Å². The van der Waals surface area contributed by atoms with Crippen LogP contribution in [-0.2, 0) is 5.41 Å². The van der Waals surface area contributed by atoms with Crippen molar-refractivity contribution in [3.8, 4) is 67.5 Å². The fraction of sp³-hybridized carbons (Fsp3) is 0.0577. The summed E-state index contributed by atoms with van der Waals surface area (Å²) in [6.45, 7) is 4.62. The Morgan fingerprint density at radius 2 is 0.875 bits per heavy atom. The van der Waals surface area contributed by atoms with Crippen LogP contribution in [0.25, 0.3) is 98.5 Å². The zero-order valence-electron chi connectivity index (χ0n) is 31.0. The van der Waals surface area contributed by atoms with E-state index in [-0.39, 0.29) is 5.41 Å². The molecule has 3 nitrogen and oxygen atoms in total. The summed E-state index contributed by atoms with van der Waals surface area (Å²) in [6, 6.07) is 63.0. The van der Waals surface area contributed by atoms with Crippen LogP contribution >= 0.6 is 11.3 Å². The van der Waals surface area contributed by atoms with Crippen molar-refractivity contribution in [2.75, 3.05) is 0 Å². The van der Waals surface area contributed by atoms with E-state index in [0.29, 0.717) is 17.5 Å². The van der Waals surface area contributed by atoms with Crippen LogP contribution in [0.5, 0.6) is 0 Å². The van der Waals surface area contributed by atoms with Crippen molar-refractivity contribution >= 4 is 42.3 Å². The molecule has 10 aromatic rings. The van der Waals surface area contributed by atoms with Crippen molar-refractivity contribution in [1.82, 2.24) is 15.0 Å². The van der Waals surface area contributed by atoms with E-state index in [0.717, 1.165) is 22.3 Å². The third-order valence-electron chi connectivity index (χ3n) is 11.6. The molecule has 0 saturated heterocycles. The Morgan fingerprint density at radius 3 is 1.66 bits per heavy atom. The van der Waals surface area contributed by atoms with E-state index in [4.69, 9.17) is 15.0 Å². The van der Waals surface area contributed by atoms with Crippen molar-refractivity contribution in [3.05, 3.63) is 187 Å². The highest BCUT2D eigenvalue weighted by Gasteiger charge is 2.37. The van der Waals surface area contributed by atoms with Gasteiger partial charge >= 0.3 is 0 Å². The average Bonchev–Trinajstić information content (AvgIpc) is 3.75. The number of benzene rings is 8. The summed E-state index contributed by atoms with van der Waals surface area (Å²) in [4.78, 5) is 15.7. The number of hydrogen-bond acceptors (Lipinski definition) is 4. The molecule has 4 heteroatoms. The molecule has 11 rings (SSSR count). The van der Waals surface area contributed by atoms with Gasteiger partial charge in [0.15, 0.2) is 17.5 Å². The molecule has 264 valence electrons. The zero-order chi connectivity index (χ0) is 37.4. The summed E-state index contributed by atoms with van der Waals surface area (Å²) in [5, 5.41) is 5.07. The first-order chi connectivity index (χ1) is 27.5. The third kappa shape index (κ3) is 5.14. The number of fused-ring (bicyclic) bond motifs is 7. The maximum Gasteiger partial charge on any atom is 0.164 e. The Labute approximate surface area is 329 Å². The quantitative estimate of drug-likeness (QED) is 0.177. The smallest absolute Gasteiger partial charge is 0.164 e. The second-order valence-electron chi connectivity index (χ2n) is 15.2. The fourth-order valence-corrected chi connectivity index (χ4v) is 9.98. The summed E-state index contributed by atoms with van der Waals surface area (Å²) in [7, 11) is 0. The molecule has 56 heavy (non-hydrogen) atoms. The highest BCUT2D eigenvalue weighted by Crippen LogP contribution is 2.51. The molecule has 1 aliphatic carbocycles. The van der Waals surface area contributed by atoms with Crippen LogP contribution in [0.1, 0.15) is 25.0 Å². The van der Waals surface area contributed by atoms with Crippen molar-refractivity contribution in [1.29, 1.82) is 0 Å². The van der Waals surface area contributed by atoms with Crippen LogP contribution in [0, 0.1) is 0 Å². The summed E-state index contributed by atoms with van der Waals surface area (Å²) in [6.07, 6.45) is 0. The molecule has 8 aromatic carbocycles. The molecule has 0 unspecified atom stereocenters. The monoisotopic (exact) mass is 733 g/mol. The van der Waals surface area contributed by atoms with Gasteiger partial charge in [-0.15, -0.1) is 11.3 Å². The molecule has 0 spiro atoms. The highest BCUT2D eigenvalue weighted by molar-refractivity contribution is 7.26. The van der Waals surface area contributed by atoms with Crippen molar-refractivity contribution in [2.45, 2.75) is 19.3 Å². The molecule has 1 aliphatic rings. The predicted molar refractivity (Wildman–Crippen MR) is 235 cm³/mol. The Kier molecular flexibility index (Phi) is 7.38. The molecule has 0 bridgehead atoms. The van der Waals surface area contributed by atoms with Gasteiger partial charge in [0.1, 0.15) is 0 Å². The molecular weight excluding hydrogens is 699 g/mol. The highest BCUT2D eigenvalue weighted by atomic mass is 32.1. The van der Waals surface area contributed by atoms with E-state index in [2.05, 4.69) is 190 Å². The Balaban J connectivity index is 1.05. The summed E-state index contributed by atoms with van der Waals surface area (Å²) in [5.41, 5.74) is 12.6. The first kappa shape index (κ1) is 32.7. The van der Waals surface area contributed by atoms with Crippen LogP contribution in [0.15, 0.2) is 176 Å². The summed E-state index contributed by atoms with van der Waals surface area (Å²) >= 11 is 1.85. The number of hydrogen-bond donors (Lipinski definition) is 0. The van der Waals surface area contributed by atoms with Crippen molar-refractivity contribution in [3.63, 3.8) is 0 Å². The van der Waals surface area contributed by atoms with E-state index >= 15 is 0 Å². The largest absolute Gasteiger partial charge is 0.208 e. The second kappa shape index (κ2) is 12.7. The minimum Gasteiger partial charge on any atom is -0.208 e. The topological polar surface area (TPSA) is 38.7 Å².